The van der Waals surface area contributed by atoms with E-state index < -0.39 is 17.9 Å². The number of aliphatic carboxylic acids is 1. The third-order valence-electron chi connectivity index (χ3n) is 2.91. The molecule has 0 saturated heterocycles. The van der Waals surface area contributed by atoms with E-state index in [1.807, 2.05) is 24.3 Å². The SMILES string of the molecule is CC(=O)NC1c2ccccc2CC1C(=O)O. The number of amides is 1. The Morgan fingerprint density at radius 1 is 1.38 bits per heavy atom. The van der Waals surface area contributed by atoms with E-state index in [1.165, 1.54) is 6.92 Å². The maximum atomic E-state index is 11.1. The molecule has 84 valence electrons. The molecule has 0 heterocycles. The van der Waals surface area contributed by atoms with E-state index in [1.54, 1.807) is 0 Å². The van der Waals surface area contributed by atoms with Crippen molar-refractivity contribution in [2.24, 2.45) is 5.92 Å². The minimum atomic E-state index is -0.866. The molecule has 0 radical (unpaired) electrons. The molecule has 2 atom stereocenters. The molecule has 0 saturated carbocycles. The molecule has 0 aliphatic heterocycles. The molecule has 2 rings (SSSR count). The van der Waals surface area contributed by atoms with Gasteiger partial charge in [-0.3, -0.25) is 9.59 Å². The molecular formula is C12H13NO3. The molecule has 4 nitrogen and oxygen atoms in total. The highest BCUT2D eigenvalue weighted by molar-refractivity contribution is 5.78. The Morgan fingerprint density at radius 2 is 2.06 bits per heavy atom. The maximum absolute atomic E-state index is 11.1. The predicted octanol–water partition coefficient (Wildman–Crippen LogP) is 1.12. The van der Waals surface area contributed by atoms with Crippen LogP contribution in [-0.2, 0) is 16.0 Å². The fourth-order valence-corrected chi connectivity index (χ4v) is 2.22. The highest BCUT2D eigenvalue weighted by Crippen LogP contribution is 2.35. The lowest BCUT2D eigenvalue weighted by Crippen LogP contribution is -2.33. The smallest absolute Gasteiger partial charge is 0.309 e. The fourth-order valence-electron chi connectivity index (χ4n) is 2.22. The van der Waals surface area contributed by atoms with Crippen LogP contribution in [0.25, 0.3) is 0 Å². The summed E-state index contributed by atoms with van der Waals surface area (Å²) in [6.45, 7) is 1.40. The molecule has 1 aliphatic carbocycles. The van der Waals surface area contributed by atoms with Crippen molar-refractivity contribution in [2.45, 2.75) is 19.4 Å². The number of benzene rings is 1. The van der Waals surface area contributed by atoms with Crippen molar-refractivity contribution >= 4 is 11.9 Å². The third-order valence-corrected chi connectivity index (χ3v) is 2.91. The maximum Gasteiger partial charge on any atom is 0.309 e. The monoisotopic (exact) mass is 219 g/mol. The van der Waals surface area contributed by atoms with Gasteiger partial charge in [-0.15, -0.1) is 0 Å². The first kappa shape index (κ1) is 10.7. The van der Waals surface area contributed by atoms with Gasteiger partial charge < -0.3 is 10.4 Å². The molecule has 1 amide bonds. The number of carbonyl (C=O) groups is 2. The average Bonchev–Trinajstić information content (AvgIpc) is 2.57. The summed E-state index contributed by atoms with van der Waals surface area (Å²) in [7, 11) is 0. The summed E-state index contributed by atoms with van der Waals surface area (Å²) < 4.78 is 0. The Labute approximate surface area is 93.3 Å². The van der Waals surface area contributed by atoms with Crippen molar-refractivity contribution in [2.75, 3.05) is 0 Å². The molecule has 0 spiro atoms. The highest BCUT2D eigenvalue weighted by atomic mass is 16.4. The zero-order valence-corrected chi connectivity index (χ0v) is 8.93. The van der Waals surface area contributed by atoms with E-state index in [2.05, 4.69) is 5.32 Å². The lowest BCUT2D eigenvalue weighted by Gasteiger charge is -2.17. The first-order valence-corrected chi connectivity index (χ1v) is 5.17. The fraction of sp³-hybridized carbons (Fsp3) is 0.333. The molecule has 0 fully saturated rings. The van der Waals surface area contributed by atoms with E-state index >= 15 is 0 Å². The van der Waals surface area contributed by atoms with E-state index in [9.17, 15) is 9.59 Å². The molecule has 0 aromatic heterocycles. The Balaban J connectivity index is 2.35. The van der Waals surface area contributed by atoms with Gasteiger partial charge in [0.25, 0.3) is 0 Å². The second kappa shape index (κ2) is 3.96. The van der Waals surface area contributed by atoms with Crippen LogP contribution in [0.4, 0.5) is 0 Å². The Morgan fingerprint density at radius 3 is 2.69 bits per heavy atom. The summed E-state index contributed by atoms with van der Waals surface area (Å²) in [4.78, 5) is 22.2. The number of carboxylic acids is 1. The number of fused-ring (bicyclic) bond motifs is 1. The largest absolute Gasteiger partial charge is 0.481 e. The lowest BCUT2D eigenvalue weighted by atomic mass is 10.0. The summed E-state index contributed by atoms with van der Waals surface area (Å²) in [5.41, 5.74) is 1.93. The second-order valence-corrected chi connectivity index (χ2v) is 4.03. The standard InChI is InChI=1S/C12H13NO3/c1-7(14)13-11-9-5-3-2-4-8(9)6-10(11)12(15)16/h2-5,10-11H,6H2,1H3,(H,13,14)(H,15,16). The lowest BCUT2D eigenvalue weighted by molar-refractivity contribution is -0.142. The Bertz CT molecular complexity index is 442. The Hall–Kier alpha value is -1.84. The molecular weight excluding hydrogens is 206 g/mol. The van der Waals surface area contributed by atoms with Crippen LogP contribution in [0, 0.1) is 5.92 Å². The van der Waals surface area contributed by atoms with Crippen LogP contribution in [0.2, 0.25) is 0 Å². The molecule has 1 aromatic carbocycles. The van der Waals surface area contributed by atoms with Crippen molar-refractivity contribution in [3.05, 3.63) is 35.4 Å². The summed E-state index contributed by atoms with van der Waals surface area (Å²) in [5.74, 6) is -1.62. The van der Waals surface area contributed by atoms with Crippen LogP contribution in [0.5, 0.6) is 0 Å². The number of carboxylic acid groups (broad SMARTS) is 1. The Kier molecular flexibility index (Phi) is 2.64. The van der Waals surface area contributed by atoms with Gasteiger partial charge in [-0.25, -0.2) is 0 Å². The molecule has 2 N–H and O–H groups in total. The van der Waals surface area contributed by atoms with Gasteiger partial charge in [0.15, 0.2) is 0 Å². The molecule has 4 heteroatoms. The molecule has 1 aromatic rings. The summed E-state index contributed by atoms with van der Waals surface area (Å²) >= 11 is 0. The summed E-state index contributed by atoms with van der Waals surface area (Å²) in [5, 5.41) is 11.8. The van der Waals surface area contributed by atoms with Crippen molar-refractivity contribution in [1.29, 1.82) is 0 Å². The van der Waals surface area contributed by atoms with Gasteiger partial charge >= 0.3 is 5.97 Å². The van der Waals surface area contributed by atoms with Crippen LogP contribution in [-0.4, -0.2) is 17.0 Å². The van der Waals surface area contributed by atoms with Gasteiger partial charge in [-0.2, -0.15) is 0 Å². The zero-order valence-electron chi connectivity index (χ0n) is 8.93. The number of nitrogens with one attached hydrogen (secondary N) is 1. The first-order valence-electron chi connectivity index (χ1n) is 5.17. The van der Waals surface area contributed by atoms with Crippen molar-refractivity contribution in [3.63, 3.8) is 0 Å². The van der Waals surface area contributed by atoms with Crippen LogP contribution in [0.3, 0.4) is 0 Å². The third kappa shape index (κ3) is 1.78. The first-order chi connectivity index (χ1) is 7.59. The van der Waals surface area contributed by atoms with E-state index in [0.29, 0.717) is 6.42 Å². The normalized spacial score (nSPS) is 22.6. The number of hydrogen-bond donors (Lipinski definition) is 2. The van der Waals surface area contributed by atoms with Crippen LogP contribution < -0.4 is 5.32 Å². The van der Waals surface area contributed by atoms with Gasteiger partial charge in [-0.1, -0.05) is 24.3 Å². The average molecular weight is 219 g/mol. The quantitative estimate of drug-likeness (QED) is 0.783. The zero-order chi connectivity index (χ0) is 11.7. The molecule has 1 aliphatic rings. The van der Waals surface area contributed by atoms with Crippen LogP contribution in [0.1, 0.15) is 24.1 Å². The highest BCUT2D eigenvalue weighted by Gasteiger charge is 2.37. The number of carbonyl (C=O) groups excluding carboxylic acids is 1. The molecule has 2 unspecified atom stereocenters. The van der Waals surface area contributed by atoms with E-state index in [-0.39, 0.29) is 5.91 Å². The van der Waals surface area contributed by atoms with Crippen LogP contribution >= 0.6 is 0 Å². The van der Waals surface area contributed by atoms with Crippen molar-refractivity contribution in [3.8, 4) is 0 Å². The van der Waals surface area contributed by atoms with Gasteiger partial charge in [0.1, 0.15) is 0 Å². The minimum absolute atomic E-state index is 0.201. The predicted molar refractivity (Wildman–Crippen MR) is 57.8 cm³/mol. The van der Waals surface area contributed by atoms with E-state index in [4.69, 9.17) is 5.11 Å². The summed E-state index contributed by atoms with van der Waals surface area (Å²) in [6.07, 6.45) is 0.483. The summed E-state index contributed by atoms with van der Waals surface area (Å²) in [6, 6.07) is 7.13. The number of hydrogen-bond acceptors (Lipinski definition) is 2. The molecule has 16 heavy (non-hydrogen) atoms. The minimum Gasteiger partial charge on any atom is -0.481 e. The topological polar surface area (TPSA) is 66.4 Å². The number of rotatable bonds is 2. The van der Waals surface area contributed by atoms with Crippen molar-refractivity contribution in [1.82, 2.24) is 5.32 Å². The van der Waals surface area contributed by atoms with Gasteiger partial charge in [0, 0.05) is 6.92 Å². The van der Waals surface area contributed by atoms with E-state index in [0.717, 1.165) is 11.1 Å². The van der Waals surface area contributed by atoms with Crippen LogP contribution in [0.15, 0.2) is 24.3 Å². The van der Waals surface area contributed by atoms with Gasteiger partial charge in [-0.05, 0) is 17.5 Å². The van der Waals surface area contributed by atoms with Crippen molar-refractivity contribution < 1.29 is 14.7 Å². The molecule has 0 bridgehead atoms. The van der Waals surface area contributed by atoms with Gasteiger partial charge in [0.2, 0.25) is 5.91 Å². The second-order valence-electron chi connectivity index (χ2n) is 4.03. The van der Waals surface area contributed by atoms with Gasteiger partial charge in [0.05, 0.1) is 12.0 Å².